The van der Waals surface area contributed by atoms with E-state index in [2.05, 4.69) is 46.2 Å². The van der Waals surface area contributed by atoms with Crippen molar-refractivity contribution < 1.29 is 0 Å². The van der Waals surface area contributed by atoms with Crippen LogP contribution in [0.1, 0.15) is 13.8 Å². The zero-order valence-electron chi connectivity index (χ0n) is 15.7. The van der Waals surface area contributed by atoms with Gasteiger partial charge >= 0.3 is 0 Å². The van der Waals surface area contributed by atoms with Crippen LogP contribution in [0.2, 0.25) is 0 Å². The lowest BCUT2D eigenvalue weighted by Crippen LogP contribution is -2.28. The molecule has 0 unspecified atom stereocenters. The maximum absolute atomic E-state index is 4.84. The summed E-state index contributed by atoms with van der Waals surface area (Å²) in [5.41, 5.74) is 3.86. The number of H-pyrrole nitrogens is 1. The van der Waals surface area contributed by atoms with Crippen molar-refractivity contribution >= 4 is 27.8 Å². The summed E-state index contributed by atoms with van der Waals surface area (Å²) in [6.07, 6.45) is 3.56. The van der Waals surface area contributed by atoms with E-state index in [1.54, 1.807) is 12.4 Å². The van der Waals surface area contributed by atoms with E-state index in [1.807, 2.05) is 24.3 Å². The van der Waals surface area contributed by atoms with Crippen molar-refractivity contribution in [2.24, 2.45) is 0 Å². The summed E-state index contributed by atoms with van der Waals surface area (Å²) in [6.45, 7) is 8.27. The van der Waals surface area contributed by atoms with Crippen LogP contribution in [0.5, 0.6) is 0 Å². The number of rotatable bonds is 7. The van der Waals surface area contributed by atoms with Crippen molar-refractivity contribution in [3.8, 4) is 11.4 Å². The Morgan fingerprint density at radius 1 is 1.04 bits per heavy atom. The molecule has 0 bridgehead atoms. The maximum Gasteiger partial charge on any atom is 0.163 e. The third-order valence-electron chi connectivity index (χ3n) is 4.89. The highest BCUT2D eigenvalue weighted by atomic mass is 15.1. The Morgan fingerprint density at radius 2 is 1.89 bits per heavy atom. The fraction of sp³-hybridized carbons (Fsp3) is 0.286. The first kappa shape index (κ1) is 17.4. The smallest absolute Gasteiger partial charge is 0.163 e. The fourth-order valence-electron chi connectivity index (χ4n) is 3.33. The molecule has 3 aromatic heterocycles. The van der Waals surface area contributed by atoms with E-state index in [1.165, 1.54) is 0 Å². The van der Waals surface area contributed by atoms with Crippen LogP contribution in [0.25, 0.3) is 33.3 Å². The number of hydrogen-bond donors (Lipinski definition) is 2. The van der Waals surface area contributed by atoms with Crippen LogP contribution < -0.4 is 5.32 Å². The quantitative estimate of drug-likeness (QED) is 0.523. The summed E-state index contributed by atoms with van der Waals surface area (Å²) in [6, 6.07) is 12.1. The van der Waals surface area contributed by atoms with Crippen LogP contribution >= 0.6 is 0 Å². The van der Waals surface area contributed by atoms with Gasteiger partial charge in [0.25, 0.3) is 0 Å². The molecule has 2 N–H and O–H groups in total. The van der Waals surface area contributed by atoms with Crippen LogP contribution in [0.4, 0.5) is 5.82 Å². The van der Waals surface area contributed by atoms with Gasteiger partial charge in [0.15, 0.2) is 11.6 Å². The number of nitrogens with zero attached hydrogens (tertiary/aromatic N) is 4. The number of likely N-dealkylation sites (N-methyl/N-ethyl adjacent to an activating group) is 1. The molecule has 0 fully saturated rings. The summed E-state index contributed by atoms with van der Waals surface area (Å²) < 4.78 is 0. The van der Waals surface area contributed by atoms with Gasteiger partial charge in [-0.25, -0.2) is 9.97 Å². The number of fused-ring (bicyclic) bond motifs is 3. The zero-order chi connectivity index (χ0) is 18.6. The molecule has 6 nitrogen and oxygen atoms in total. The second-order valence-corrected chi connectivity index (χ2v) is 6.49. The molecule has 138 valence electrons. The summed E-state index contributed by atoms with van der Waals surface area (Å²) in [7, 11) is 0. The van der Waals surface area contributed by atoms with Gasteiger partial charge in [-0.3, -0.25) is 4.98 Å². The first-order valence-electron chi connectivity index (χ1n) is 9.45. The highest BCUT2D eigenvalue weighted by Gasteiger charge is 2.14. The van der Waals surface area contributed by atoms with Crippen molar-refractivity contribution in [3.05, 3.63) is 48.8 Å². The molecule has 3 heterocycles. The second-order valence-electron chi connectivity index (χ2n) is 6.49. The van der Waals surface area contributed by atoms with Crippen molar-refractivity contribution in [2.45, 2.75) is 13.8 Å². The monoisotopic (exact) mass is 360 g/mol. The van der Waals surface area contributed by atoms with Crippen LogP contribution in [-0.2, 0) is 0 Å². The minimum Gasteiger partial charge on any atom is -0.367 e. The van der Waals surface area contributed by atoms with E-state index < -0.39 is 0 Å². The summed E-state index contributed by atoms with van der Waals surface area (Å²) in [4.78, 5) is 19.7. The van der Waals surface area contributed by atoms with Gasteiger partial charge in [0.2, 0.25) is 0 Å². The topological polar surface area (TPSA) is 69.7 Å². The predicted octanol–water partition coefficient (Wildman–Crippen LogP) is 3.93. The number of hydrogen-bond acceptors (Lipinski definition) is 5. The first-order valence-corrected chi connectivity index (χ1v) is 9.45. The Kier molecular flexibility index (Phi) is 4.98. The maximum atomic E-state index is 4.84. The molecule has 0 aliphatic heterocycles. The standard InChI is InChI=1S/C21H24N6/c1-3-27(4-2)13-12-23-21-19-18(16-9-5-6-10-17(16)24-19)25-20(26-21)15-8-7-11-22-14-15/h5-11,14,24H,3-4,12-13H2,1-2H3,(H,23,25,26). The van der Waals surface area contributed by atoms with Crippen molar-refractivity contribution in [1.29, 1.82) is 0 Å². The first-order chi connectivity index (χ1) is 13.3. The highest BCUT2D eigenvalue weighted by Crippen LogP contribution is 2.30. The Balaban J connectivity index is 1.78. The van der Waals surface area contributed by atoms with Gasteiger partial charge in [-0.15, -0.1) is 0 Å². The van der Waals surface area contributed by atoms with Gasteiger partial charge in [-0.05, 0) is 31.3 Å². The molecule has 0 amide bonds. The molecule has 0 saturated carbocycles. The number of para-hydroxylation sites is 1. The van der Waals surface area contributed by atoms with E-state index in [0.717, 1.165) is 59.5 Å². The van der Waals surface area contributed by atoms with Gasteiger partial charge in [0, 0.05) is 41.9 Å². The third kappa shape index (κ3) is 3.48. The molecular weight excluding hydrogens is 336 g/mol. The molecule has 0 aliphatic rings. The summed E-state index contributed by atoms with van der Waals surface area (Å²) in [5.74, 6) is 1.52. The Bertz CT molecular complexity index is 1040. The minimum atomic E-state index is 0.686. The molecule has 0 saturated heterocycles. The molecule has 4 aromatic rings. The molecule has 6 heteroatoms. The van der Waals surface area contributed by atoms with Gasteiger partial charge in [-0.2, -0.15) is 0 Å². The molecular formula is C21H24N6. The Morgan fingerprint density at radius 3 is 2.67 bits per heavy atom. The zero-order valence-corrected chi connectivity index (χ0v) is 15.7. The second kappa shape index (κ2) is 7.72. The van der Waals surface area contributed by atoms with Crippen LogP contribution in [0, 0.1) is 0 Å². The molecule has 0 atom stereocenters. The lowest BCUT2D eigenvalue weighted by Gasteiger charge is -2.18. The molecule has 4 rings (SSSR count). The molecule has 0 spiro atoms. The SMILES string of the molecule is CCN(CC)CCNc1nc(-c2cccnc2)nc2c1[nH]c1ccccc12. The molecule has 0 aliphatic carbocycles. The predicted molar refractivity (Wildman–Crippen MR) is 111 cm³/mol. The van der Waals surface area contributed by atoms with Gasteiger partial charge < -0.3 is 15.2 Å². The van der Waals surface area contributed by atoms with Crippen molar-refractivity contribution in [2.75, 3.05) is 31.5 Å². The van der Waals surface area contributed by atoms with E-state index in [0.29, 0.717) is 5.82 Å². The van der Waals surface area contributed by atoms with Crippen molar-refractivity contribution in [1.82, 2.24) is 24.8 Å². The van der Waals surface area contributed by atoms with E-state index in [-0.39, 0.29) is 0 Å². The Labute approximate surface area is 158 Å². The Hall–Kier alpha value is -2.99. The van der Waals surface area contributed by atoms with Gasteiger partial charge in [0.05, 0.1) is 0 Å². The number of aromatic nitrogens is 4. The van der Waals surface area contributed by atoms with Gasteiger partial charge in [0.1, 0.15) is 11.0 Å². The number of aromatic amines is 1. The average Bonchev–Trinajstić information content (AvgIpc) is 3.11. The van der Waals surface area contributed by atoms with E-state index in [9.17, 15) is 0 Å². The highest BCUT2D eigenvalue weighted by molar-refractivity contribution is 6.08. The summed E-state index contributed by atoms with van der Waals surface area (Å²) >= 11 is 0. The minimum absolute atomic E-state index is 0.686. The van der Waals surface area contributed by atoms with Crippen LogP contribution in [0.15, 0.2) is 48.8 Å². The third-order valence-corrected chi connectivity index (χ3v) is 4.89. The normalized spacial score (nSPS) is 11.5. The molecule has 1 aromatic carbocycles. The van der Waals surface area contributed by atoms with E-state index >= 15 is 0 Å². The van der Waals surface area contributed by atoms with E-state index in [4.69, 9.17) is 9.97 Å². The molecule has 0 radical (unpaired) electrons. The fourth-order valence-corrected chi connectivity index (χ4v) is 3.33. The number of benzene rings is 1. The van der Waals surface area contributed by atoms with Crippen molar-refractivity contribution in [3.63, 3.8) is 0 Å². The van der Waals surface area contributed by atoms with Crippen LogP contribution in [0.3, 0.4) is 0 Å². The molecule has 27 heavy (non-hydrogen) atoms. The number of nitrogens with one attached hydrogen (secondary N) is 2. The lowest BCUT2D eigenvalue weighted by atomic mass is 10.2. The largest absolute Gasteiger partial charge is 0.367 e. The average molecular weight is 360 g/mol. The van der Waals surface area contributed by atoms with Crippen LogP contribution in [-0.4, -0.2) is 51.0 Å². The number of anilines is 1. The lowest BCUT2D eigenvalue weighted by molar-refractivity contribution is 0.316. The summed E-state index contributed by atoms with van der Waals surface area (Å²) in [5, 5.41) is 4.62. The van der Waals surface area contributed by atoms with Gasteiger partial charge in [-0.1, -0.05) is 32.0 Å². The number of pyridine rings is 1.